The predicted molar refractivity (Wildman–Crippen MR) is 111 cm³/mol. The standard InChI is InChI=1S/C24H36O5/c1-5-15(3)24(27)29-21-11-14(2)10-17-7-6-16(4)20(23(17)21)9-8-19-12-18(25)13-22(26)28-19/h6-7,10,14-16,18-21,23,25H,5,8-9,11-13H2,1-4H3/t14-,15?,16-,18+,19+,20-,21-,23?/m0/s1. The Balaban J connectivity index is 1.74. The van der Waals surface area contributed by atoms with Crippen LogP contribution in [0, 0.1) is 29.6 Å². The van der Waals surface area contributed by atoms with Crippen molar-refractivity contribution >= 4 is 11.9 Å². The first-order valence-corrected chi connectivity index (χ1v) is 11.3. The number of esters is 2. The van der Waals surface area contributed by atoms with Crippen molar-refractivity contribution in [3.63, 3.8) is 0 Å². The monoisotopic (exact) mass is 404 g/mol. The highest BCUT2D eigenvalue weighted by molar-refractivity contribution is 5.72. The van der Waals surface area contributed by atoms with Crippen molar-refractivity contribution < 1.29 is 24.2 Å². The average Bonchev–Trinajstić information content (AvgIpc) is 2.65. The summed E-state index contributed by atoms with van der Waals surface area (Å²) in [5, 5.41) is 9.89. The first kappa shape index (κ1) is 22.1. The minimum absolute atomic E-state index is 0.0854. The molecule has 0 spiro atoms. The zero-order chi connectivity index (χ0) is 21.1. The smallest absolute Gasteiger partial charge is 0.308 e. The van der Waals surface area contributed by atoms with Crippen LogP contribution in [-0.4, -0.2) is 35.4 Å². The van der Waals surface area contributed by atoms with E-state index in [-0.39, 0.29) is 42.4 Å². The number of ether oxygens (including phenoxy) is 2. The maximum atomic E-state index is 12.5. The predicted octanol–water partition coefficient (Wildman–Crippen LogP) is 4.20. The molecule has 1 fully saturated rings. The highest BCUT2D eigenvalue weighted by atomic mass is 16.5. The van der Waals surface area contributed by atoms with Gasteiger partial charge in [0, 0.05) is 12.3 Å². The van der Waals surface area contributed by atoms with E-state index in [1.54, 1.807) is 0 Å². The second kappa shape index (κ2) is 9.46. The molecule has 0 bridgehead atoms. The largest absolute Gasteiger partial charge is 0.462 e. The van der Waals surface area contributed by atoms with Crippen molar-refractivity contribution in [2.45, 2.75) is 84.5 Å². The number of rotatable bonds is 6. The quantitative estimate of drug-likeness (QED) is 0.672. The minimum Gasteiger partial charge on any atom is -0.462 e. The first-order chi connectivity index (χ1) is 13.8. The van der Waals surface area contributed by atoms with E-state index in [0.29, 0.717) is 24.2 Å². The molecule has 0 aromatic carbocycles. The van der Waals surface area contributed by atoms with Crippen LogP contribution in [0.5, 0.6) is 0 Å². The Kier molecular flexibility index (Phi) is 7.20. The van der Waals surface area contributed by atoms with Crippen LogP contribution in [0.3, 0.4) is 0 Å². The van der Waals surface area contributed by atoms with Gasteiger partial charge < -0.3 is 14.6 Å². The summed E-state index contributed by atoms with van der Waals surface area (Å²) in [4.78, 5) is 24.2. The Bertz CT molecular complexity index is 666. The summed E-state index contributed by atoms with van der Waals surface area (Å²) >= 11 is 0. The summed E-state index contributed by atoms with van der Waals surface area (Å²) < 4.78 is 11.5. The number of aliphatic hydroxyl groups is 1. The van der Waals surface area contributed by atoms with Crippen molar-refractivity contribution in [2.24, 2.45) is 29.6 Å². The average molecular weight is 405 g/mol. The third kappa shape index (κ3) is 5.30. The van der Waals surface area contributed by atoms with Crippen LogP contribution in [0.4, 0.5) is 0 Å². The summed E-state index contributed by atoms with van der Waals surface area (Å²) in [6.45, 7) is 8.33. The van der Waals surface area contributed by atoms with Gasteiger partial charge in [-0.05, 0) is 49.0 Å². The van der Waals surface area contributed by atoms with Gasteiger partial charge >= 0.3 is 11.9 Å². The fourth-order valence-electron chi connectivity index (χ4n) is 5.07. The van der Waals surface area contributed by atoms with E-state index >= 15 is 0 Å². The molecule has 2 unspecified atom stereocenters. The number of allylic oxidation sites excluding steroid dienone is 3. The molecule has 5 nitrogen and oxygen atoms in total. The molecule has 3 rings (SSSR count). The van der Waals surface area contributed by atoms with Gasteiger partial charge in [-0.2, -0.15) is 0 Å². The van der Waals surface area contributed by atoms with Crippen molar-refractivity contribution in [2.75, 3.05) is 0 Å². The Morgan fingerprint density at radius 1 is 1.31 bits per heavy atom. The number of hydrogen-bond acceptors (Lipinski definition) is 5. The van der Waals surface area contributed by atoms with E-state index in [4.69, 9.17) is 9.47 Å². The molecule has 0 aromatic heterocycles. The molecule has 1 saturated heterocycles. The van der Waals surface area contributed by atoms with Crippen LogP contribution < -0.4 is 0 Å². The summed E-state index contributed by atoms with van der Waals surface area (Å²) in [5.74, 6) is 0.755. The molecule has 1 heterocycles. The highest BCUT2D eigenvalue weighted by Crippen LogP contribution is 2.45. The molecule has 0 amide bonds. The van der Waals surface area contributed by atoms with E-state index in [1.807, 2.05) is 13.8 Å². The first-order valence-electron chi connectivity index (χ1n) is 11.3. The molecule has 0 aromatic rings. The summed E-state index contributed by atoms with van der Waals surface area (Å²) in [7, 11) is 0. The van der Waals surface area contributed by atoms with E-state index < -0.39 is 6.10 Å². The molecule has 2 aliphatic carbocycles. The van der Waals surface area contributed by atoms with Crippen LogP contribution in [0.15, 0.2) is 23.8 Å². The number of carbonyl (C=O) groups is 2. The molecule has 0 radical (unpaired) electrons. The maximum Gasteiger partial charge on any atom is 0.308 e. The second-order valence-corrected chi connectivity index (χ2v) is 9.36. The van der Waals surface area contributed by atoms with E-state index in [1.165, 1.54) is 5.57 Å². The molecular weight excluding hydrogens is 368 g/mol. The summed E-state index contributed by atoms with van der Waals surface area (Å²) in [6.07, 6.45) is 9.70. The Hall–Kier alpha value is -1.62. The van der Waals surface area contributed by atoms with Gasteiger partial charge in [-0.1, -0.05) is 45.9 Å². The summed E-state index contributed by atoms with van der Waals surface area (Å²) in [6, 6.07) is 0. The van der Waals surface area contributed by atoms with Crippen LogP contribution in [0.2, 0.25) is 0 Å². The Morgan fingerprint density at radius 2 is 2.07 bits per heavy atom. The number of carbonyl (C=O) groups excluding carboxylic acids is 2. The Labute approximate surface area is 174 Å². The van der Waals surface area contributed by atoms with Crippen molar-refractivity contribution in [3.05, 3.63) is 23.8 Å². The van der Waals surface area contributed by atoms with Crippen LogP contribution in [0.25, 0.3) is 0 Å². The van der Waals surface area contributed by atoms with Gasteiger partial charge in [0.15, 0.2) is 0 Å². The molecule has 1 N–H and O–H groups in total. The van der Waals surface area contributed by atoms with E-state index in [9.17, 15) is 14.7 Å². The molecule has 29 heavy (non-hydrogen) atoms. The van der Waals surface area contributed by atoms with Crippen molar-refractivity contribution in [1.29, 1.82) is 0 Å². The van der Waals surface area contributed by atoms with Crippen LogP contribution in [-0.2, 0) is 19.1 Å². The lowest BCUT2D eigenvalue weighted by Crippen LogP contribution is -2.42. The van der Waals surface area contributed by atoms with Gasteiger partial charge in [-0.25, -0.2) is 0 Å². The molecular formula is C24H36O5. The van der Waals surface area contributed by atoms with Crippen molar-refractivity contribution in [3.8, 4) is 0 Å². The fraction of sp³-hybridized carbons (Fsp3) is 0.750. The lowest BCUT2D eigenvalue weighted by Gasteiger charge is -2.43. The second-order valence-electron chi connectivity index (χ2n) is 9.36. The van der Waals surface area contributed by atoms with Gasteiger partial charge in [0.1, 0.15) is 12.2 Å². The minimum atomic E-state index is -0.597. The SMILES string of the molecule is CCC(C)C(=O)O[C@H]1C[C@@H](C)C=C2C=C[C@H](C)[C@H](CC[C@@H]3C[C@@H](O)CC(=O)O3)C21. The van der Waals surface area contributed by atoms with Crippen LogP contribution in [0.1, 0.15) is 66.2 Å². The Morgan fingerprint density at radius 3 is 2.76 bits per heavy atom. The molecule has 162 valence electrons. The molecule has 8 atom stereocenters. The maximum absolute atomic E-state index is 12.5. The van der Waals surface area contributed by atoms with E-state index in [0.717, 1.165) is 25.7 Å². The highest BCUT2D eigenvalue weighted by Gasteiger charge is 2.42. The number of fused-ring (bicyclic) bond motifs is 1. The molecule has 3 aliphatic rings. The molecule has 0 saturated carbocycles. The van der Waals surface area contributed by atoms with E-state index in [2.05, 4.69) is 32.1 Å². The van der Waals surface area contributed by atoms with Gasteiger partial charge in [-0.15, -0.1) is 0 Å². The van der Waals surface area contributed by atoms with Gasteiger partial charge in [-0.3, -0.25) is 9.59 Å². The van der Waals surface area contributed by atoms with Gasteiger partial charge in [0.2, 0.25) is 0 Å². The third-order valence-corrected chi connectivity index (χ3v) is 6.93. The zero-order valence-electron chi connectivity index (χ0n) is 18.2. The summed E-state index contributed by atoms with van der Waals surface area (Å²) in [5.41, 5.74) is 1.27. The van der Waals surface area contributed by atoms with Crippen LogP contribution >= 0.6 is 0 Å². The zero-order valence-corrected chi connectivity index (χ0v) is 18.2. The topological polar surface area (TPSA) is 72.8 Å². The molecule has 1 aliphatic heterocycles. The molecule has 5 heteroatoms. The normalized spacial score (nSPS) is 37.9. The van der Waals surface area contributed by atoms with Crippen molar-refractivity contribution in [1.82, 2.24) is 0 Å². The van der Waals surface area contributed by atoms with Gasteiger partial charge in [0.25, 0.3) is 0 Å². The van der Waals surface area contributed by atoms with Gasteiger partial charge in [0.05, 0.1) is 18.4 Å². The number of hydrogen-bond donors (Lipinski definition) is 1. The number of aliphatic hydroxyl groups excluding tert-OH is 1. The fourth-order valence-corrected chi connectivity index (χ4v) is 5.07. The number of cyclic esters (lactones) is 1. The lowest BCUT2D eigenvalue weighted by atomic mass is 9.65. The third-order valence-electron chi connectivity index (χ3n) is 6.93. The lowest BCUT2D eigenvalue weighted by molar-refractivity contribution is -0.162.